The molecule has 3 saturated carbocycles. The largest absolute Gasteiger partial charge is 0.393 e. The van der Waals surface area contributed by atoms with Gasteiger partial charge in [0.05, 0.1) is 6.10 Å². The SMILES string of the molecule is C[C@]12C(O)CCCC1CC[C@@H]1[C@H]2CC[C@]2(C)C=CC[C@@H]12. The Morgan fingerprint density at radius 1 is 1.00 bits per heavy atom. The van der Waals surface area contributed by atoms with Crippen molar-refractivity contribution in [2.75, 3.05) is 0 Å². The molecule has 4 aliphatic carbocycles. The van der Waals surface area contributed by atoms with Gasteiger partial charge in [0.1, 0.15) is 0 Å². The molecule has 0 aromatic carbocycles. The van der Waals surface area contributed by atoms with E-state index in [-0.39, 0.29) is 11.5 Å². The van der Waals surface area contributed by atoms with Crippen LogP contribution in [0.3, 0.4) is 0 Å². The molecule has 0 saturated heterocycles. The van der Waals surface area contributed by atoms with E-state index in [0.717, 1.165) is 30.1 Å². The van der Waals surface area contributed by atoms with Crippen molar-refractivity contribution in [3.05, 3.63) is 12.2 Å². The Morgan fingerprint density at radius 2 is 1.85 bits per heavy atom. The number of fused-ring (bicyclic) bond motifs is 5. The second kappa shape index (κ2) is 4.35. The van der Waals surface area contributed by atoms with Crippen molar-refractivity contribution in [2.45, 2.75) is 71.3 Å². The summed E-state index contributed by atoms with van der Waals surface area (Å²) in [7, 11) is 0. The van der Waals surface area contributed by atoms with Crippen molar-refractivity contribution >= 4 is 0 Å². The lowest BCUT2D eigenvalue weighted by molar-refractivity contribution is -0.156. The monoisotopic (exact) mass is 274 g/mol. The number of rotatable bonds is 0. The van der Waals surface area contributed by atoms with E-state index in [2.05, 4.69) is 26.0 Å². The molecule has 0 bridgehead atoms. The van der Waals surface area contributed by atoms with Gasteiger partial charge in [-0.3, -0.25) is 0 Å². The molecule has 20 heavy (non-hydrogen) atoms. The van der Waals surface area contributed by atoms with E-state index >= 15 is 0 Å². The minimum atomic E-state index is -0.0345. The van der Waals surface area contributed by atoms with E-state index in [1.54, 1.807) is 0 Å². The standard InChI is InChI=1S/C19H30O/c1-18-11-4-6-15(18)14-9-8-13-5-3-7-17(20)19(13,2)16(14)10-12-18/h4,11,13-17,20H,3,5-10,12H2,1-2H3/t13?,14-,15-,16+,17?,18-,19-/m0/s1. The maximum Gasteiger partial charge on any atom is 0.0599 e. The highest BCUT2D eigenvalue weighted by atomic mass is 16.3. The third-order valence-electron chi connectivity index (χ3n) is 8.04. The molecule has 0 spiro atoms. The Balaban J connectivity index is 1.68. The Labute approximate surface area is 123 Å². The van der Waals surface area contributed by atoms with Crippen molar-refractivity contribution in [1.82, 2.24) is 0 Å². The van der Waals surface area contributed by atoms with Crippen LogP contribution in [0.25, 0.3) is 0 Å². The molecule has 1 heteroatoms. The second-order valence-electron chi connectivity index (χ2n) is 8.65. The number of hydrogen-bond acceptors (Lipinski definition) is 1. The van der Waals surface area contributed by atoms with E-state index in [1.165, 1.54) is 44.9 Å². The van der Waals surface area contributed by atoms with Crippen molar-refractivity contribution < 1.29 is 5.11 Å². The Kier molecular flexibility index (Phi) is 2.91. The molecule has 3 fully saturated rings. The molecule has 0 heterocycles. The van der Waals surface area contributed by atoms with Crippen molar-refractivity contribution in [3.8, 4) is 0 Å². The predicted molar refractivity (Wildman–Crippen MR) is 82.3 cm³/mol. The normalized spacial score (nSPS) is 57.9. The topological polar surface area (TPSA) is 20.2 Å². The van der Waals surface area contributed by atoms with Gasteiger partial charge in [-0.05, 0) is 79.4 Å². The van der Waals surface area contributed by atoms with Crippen molar-refractivity contribution in [1.29, 1.82) is 0 Å². The van der Waals surface area contributed by atoms with Crippen LogP contribution in [-0.4, -0.2) is 11.2 Å². The average molecular weight is 274 g/mol. The summed E-state index contributed by atoms with van der Waals surface area (Å²) in [5, 5.41) is 10.8. The number of aliphatic hydroxyl groups excluding tert-OH is 1. The first-order chi connectivity index (χ1) is 9.56. The quantitative estimate of drug-likeness (QED) is 0.642. The van der Waals surface area contributed by atoms with Crippen molar-refractivity contribution in [3.63, 3.8) is 0 Å². The zero-order valence-corrected chi connectivity index (χ0v) is 13.1. The zero-order chi connectivity index (χ0) is 14.0. The highest BCUT2D eigenvalue weighted by molar-refractivity contribution is 5.16. The lowest BCUT2D eigenvalue weighted by atomic mass is 9.44. The molecule has 0 aliphatic heterocycles. The second-order valence-corrected chi connectivity index (χ2v) is 8.65. The van der Waals surface area contributed by atoms with E-state index in [9.17, 15) is 5.11 Å². The van der Waals surface area contributed by atoms with Gasteiger partial charge >= 0.3 is 0 Å². The Morgan fingerprint density at radius 3 is 2.70 bits per heavy atom. The van der Waals surface area contributed by atoms with Gasteiger partial charge in [0.15, 0.2) is 0 Å². The molecule has 0 aromatic heterocycles. The fourth-order valence-corrected chi connectivity index (χ4v) is 6.80. The van der Waals surface area contributed by atoms with Gasteiger partial charge in [0.25, 0.3) is 0 Å². The number of allylic oxidation sites excluding steroid dienone is 2. The summed E-state index contributed by atoms with van der Waals surface area (Å²) in [6.45, 7) is 4.94. The first kappa shape index (κ1) is 13.4. The van der Waals surface area contributed by atoms with Crippen LogP contribution in [0, 0.1) is 34.5 Å². The van der Waals surface area contributed by atoms with Crippen LogP contribution in [0.2, 0.25) is 0 Å². The summed E-state index contributed by atoms with van der Waals surface area (Å²) in [5.74, 6) is 3.33. The zero-order valence-electron chi connectivity index (χ0n) is 13.1. The Hall–Kier alpha value is -0.300. The molecule has 7 atom stereocenters. The summed E-state index contributed by atoms with van der Waals surface area (Å²) in [5.41, 5.74) is 0.703. The van der Waals surface area contributed by atoms with Crippen LogP contribution >= 0.6 is 0 Å². The summed E-state index contributed by atoms with van der Waals surface area (Å²) < 4.78 is 0. The summed E-state index contributed by atoms with van der Waals surface area (Å²) in [6.07, 6.45) is 15.4. The fourth-order valence-electron chi connectivity index (χ4n) is 6.80. The predicted octanol–water partition coefficient (Wildman–Crippen LogP) is 4.56. The Bertz CT molecular complexity index is 427. The van der Waals surface area contributed by atoms with E-state index in [4.69, 9.17) is 0 Å². The van der Waals surface area contributed by atoms with Gasteiger partial charge in [-0.25, -0.2) is 0 Å². The number of aliphatic hydroxyl groups is 1. The highest BCUT2D eigenvalue weighted by Crippen LogP contribution is 2.64. The molecule has 112 valence electrons. The molecule has 0 radical (unpaired) electrons. The van der Waals surface area contributed by atoms with Crippen LogP contribution < -0.4 is 0 Å². The van der Waals surface area contributed by atoms with Crippen LogP contribution in [0.15, 0.2) is 12.2 Å². The summed E-state index contributed by atoms with van der Waals surface area (Å²) in [4.78, 5) is 0. The molecular weight excluding hydrogens is 244 g/mol. The molecule has 4 aliphatic rings. The minimum Gasteiger partial charge on any atom is -0.393 e. The lowest BCUT2D eigenvalue weighted by Crippen LogP contribution is -2.57. The van der Waals surface area contributed by atoms with Gasteiger partial charge in [0.2, 0.25) is 0 Å². The maximum absolute atomic E-state index is 10.8. The highest BCUT2D eigenvalue weighted by Gasteiger charge is 2.58. The van der Waals surface area contributed by atoms with E-state index < -0.39 is 0 Å². The van der Waals surface area contributed by atoms with E-state index in [1.807, 2.05) is 0 Å². The molecule has 2 unspecified atom stereocenters. The van der Waals surface area contributed by atoms with Gasteiger partial charge in [-0.15, -0.1) is 0 Å². The molecule has 0 aromatic rings. The van der Waals surface area contributed by atoms with E-state index in [0.29, 0.717) is 5.41 Å². The van der Waals surface area contributed by atoms with Crippen LogP contribution in [-0.2, 0) is 0 Å². The summed E-state index contributed by atoms with van der Waals surface area (Å²) >= 11 is 0. The summed E-state index contributed by atoms with van der Waals surface area (Å²) in [6, 6.07) is 0. The first-order valence-electron chi connectivity index (χ1n) is 8.91. The third-order valence-corrected chi connectivity index (χ3v) is 8.04. The van der Waals surface area contributed by atoms with Gasteiger partial charge in [-0.2, -0.15) is 0 Å². The van der Waals surface area contributed by atoms with Crippen LogP contribution in [0.1, 0.15) is 65.2 Å². The van der Waals surface area contributed by atoms with Gasteiger partial charge in [-0.1, -0.05) is 32.4 Å². The maximum atomic E-state index is 10.8. The molecule has 0 amide bonds. The third kappa shape index (κ3) is 1.59. The molecule has 4 rings (SSSR count). The molecule has 1 N–H and O–H groups in total. The fraction of sp³-hybridized carbons (Fsp3) is 0.895. The van der Waals surface area contributed by atoms with Gasteiger partial charge in [0, 0.05) is 0 Å². The lowest BCUT2D eigenvalue weighted by Gasteiger charge is -2.61. The van der Waals surface area contributed by atoms with Crippen LogP contribution in [0.4, 0.5) is 0 Å². The average Bonchev–Trinajstić information content (AvgIpc) is 2.82. The first-order valence-corrected chi connectivity index (χ1v) is 8.91. The smallest absolute Gasteiger partial charge is 0.0599 e. The van der Waals surface area contributed by atoms with Gasteiger partial charge < -0.3 is 5.11 Å². The minimum absolute atomic E-state index is 0.0345. The van der Waals surface area contributed by atoms with Crippen molar-refractivity contribution in [2.24, 2.45) is 34.5 Å². The molecule has 1 nitrogen and oxygen atoms in total. The van der Waals surface area contributed by atoms with Crippen LogP contribution in [0.5, 0.6) is 0 Å². The molecular formula is C19H30O. The number of hydrogen-bond donors (Lipinski definition) is 1.